The van der Waals surface area contributed by atoms with Gasteiger partial charge in [-0.05, 0) is 5.41 Å². The highest BCUT2D eigenvalue weighted by Gasteiger charge is 2.51. The minimum absolute atomic E-state index is 0.0135. The molecule has 1 amide bonds. The van der Waals surface area contributed by atoms with Gasteiger partial charge < -0.3 is 14.7 Å². The molecule has 2 saturated heterocycles. The number of hydrogen-bond acceptors (Lipinski definition) is 6. The van der Waals surface area contributed by atoms with E-state index in [0.717, 1.165) is 11.8 Å². The van der Waals surface area contributed by atoms with Crippen LogP contribution in [0.15, 0.2) is 11.5 Å². The van der Waals surface area contributed by atoms with E-state index in [1.54, 1.807) is 4.90 Å². The Kier molecular flexibility index (Phi) is 4.10. The van der Waals surface area contributed by atoms with Crippen molar-refractivity contribution in [1.29, 1.82) is 0 Å². The van der Waals surface area contributed by atoms with E-state index in [0.29, 0.717) is 12.2 Å². The number of ether oxygens (including phenoxy) is 1. The van der Waals surface area contributed by atoms with Crippen LogP contribution in [0.4, 0.5) is 0 Å². The summed E-state index contributed by atoms with van der Waals surface area (Å²) in [6, 6.07) is 0. The molecule has 2 rings (SSSR count). The molecule has 0 radical (unpaired) electrons. The number of β-lactam (4-membered cyclic amide) rings is 1. The summed E-state index contributed by atoms with van der Waals surface area (Å²) in [5.41, 5.74) is 0. The van der Waals surface area contributed by atoms with Crippen molar-refractivity contribution < 1.29 is 24.2 Å². The van der Waals surface area contributed by atoms with Crippen LogP contribution in [0.5, 0.6) is 0 Å². The molecule has 0 bridgehead atoms. The molecule has 2 atom stereocenters. The molecule has 0 spiro atoms. The van der Waals surface area contributed by atoms with E-state index in [-0.39, 0.29) is 17.8 Å². The summed E-state index contributed by atoms with van der Waals surface area (Å²) < 4.78 is 3.35. The van der Waals surface area contributed by atoms with Crippen LogP contribution in [0, 0.1) is 0 Å². The monoisotopic (exact) mass is 303 g/mol. The average Bonchev–Trinajstić information content (AvgIpc) is 2.38. The summed E-state index contributed by atoms with van der Waals surface area (Å²) >= 11 is 2.51. The Morgan fingerprint density at radius 2 is 2.37 bits per heavy atom. The summed E-state index contributed by atoms with van der Waals surface area (Å²) in [6.45, 7) is 0.176. The van der Waals surface area contributed by atoms with Gasteiger partial charge in [0.2, 0.25) is 5.91 Å². The quantitative estimate of drug-likeness (QED) is 0.461. The Hall–Kier alpha value is -1.15. The van der Waals surface area contributed by atoms with E-state index in [2.05, 4.69) is 4.74 Å². The van der Waals surface area contributed by atoms with Crippen LogP contribution in [0.3, 0.4) is 0 Å². The number of hydrogen-bond donors (Lipinski definition) is 1. The Bertz CT molecular complexity index is 452. The number of aliphatic carboxylic acids is 1. The van der Waals surface area contributed by atoms with E-state index >= 15 is 0 Å². The molecular weight excluding hydrogens is 290 g/mol. The van der Waals surface area contributed by atoms with Gasteiger partial charge in [-0.1, -0.05) is 0 Å². The molecule has 1 N–H and O–H groups in total. The number of esters is 1. The van der Waals surface area contributed by atoms with E-state index in [1.807, 2.05) is 0 Å². The lowest BCUT2D eigenvalue weighted by Gasteiger charge is -2.49. The minimum atomic E-state index is -1.10. The van der Waals surface area contributed by atoms with Crippen molar-refractivity contribution in [2.45, 2.75) is 16.5 Å². The lowest BCUT2D eigenvalue weighted by Crippen LogP contribution is -2.62. The number of carbonyl (C=O) groups is 3. The summed E-state index contributed by atoms with van der Waals surface area (Å²) in [5.74, 6) is -1.11. The standard InChI is InChI=1S/C11H13NO5S2/c1-17-9(14)2-3-19-11(10(15)16)5-12-7(13)4-8(12)18-6-11/h2-3,8H,4-6H2,1H3,(H,15,16)/t8-,11?/m1/s1. The largest absolute Gasteiger partial charge is 0.480 e. The number of methoxy groups -OCH3 is 1. The van der Waals surface area contributed by atoms with Crippen LogP contribution >= 0.6 is 23.5 Å². The smallest absolute Gasteiger partial charge is 0.330 e. The fraction of sp³-hybridized carbons (Fsp3) is 0.545. The third-order valence-electron chi connectivity index (χ3n) is 3.04. The van der Waals surface area contributed by atoms with Gasteiger partial charge in [0, 0.05) is 18.4 Å². The SMILES string of the molecule is COC(=O)C=CSC1(C(=O)O)CS[C@@H]2CC(=O)N2C1. The molecular formula is C11H13NO5S2. The Morgan fingerprint density at radius 3 is 2.95 bits per heavy atom. The van der Waals surface area contributed by atoms with Crippen LogP contribution in [0.25, 0.3) is 0 Å². The zero-order valence-corrected chi connectivity index (χ0v) is 11.8. The van der Waals surface area contributed by atoms with Crippen molar-refractivity contribution in [3.8, 4) is 0 Å². The normalized spacial score (nSPS) is 29.8. The number of carboxylic acid groups (broad SMARTS) is 1. The van der Waals surface area contributed by atoms with E-state index < -0.39 is 16.7 Å². The lowest BCUT2D eigenvalue weighted by atomic mass is 10.1. The average molecular weight is 303 g/mol. The van der Waals surface area contributed by atoms with Gasteiger partial charge in [0.1, 0.15) is 4.75 Å². The number of amides is 1. The van der Waals surface area contributed by atoms with Crippen molar-refractivity contribution in [1.82, 2.24) is 4.90 Å². The first-order valence-corrected chi connectivity index (χ1v) is 7.48. The van der Waals surface area contributed by atoms with Crippen molar-refractivity contribution in [3.05, 3.63) is 11.5 Å². The number of fused-ring (bicyclic) bond motifs is 1. The molecule has 104 valence electrons. The third-order valence-corrected chi connectivity index (χ3v) is 5.86. The highest BCUT2D eigenvalue weighted by atomic mass is 32.2. The second-order valence-electron chi connectivity index (χ2n) is 4.23. The van der Waals surface area contributed by atoms with Crippen molar-refractivity contribution in [2.75, 3.05) is 19.4 Å². The summed E-state index contributed by atoms with van der Waals surface area (Å²) in [4.78, 5) is 35.5. The van der Waals surface area contributed by atoms with Crippen LogP contribution in [-0.4, -0.2) is 57.4 Å². The van der Waals surface area contributed by atoms with Crippen LogP contribution in [0.2, 0.25) is 0 Å². The van der Waals surface area contributed by atoms with Gasteiger partial charge in [0.25, 0.3) is 0 Å². The topological polar surface area (TPSA) is 83.9 Å². The fourth-order valence-electron chi connectivity index (χ4n) is 1.85. The predicted molar refractivity (Wildman–Crippen MR) is 71.7 cm³/mol. The Balaban J connectivity index is 2.06. The number of thioether (sulfide) groups is 2. The predicted octanol–water partition coefficient (Wildman–Crippen LogP) is 0.535. The van der Waals surface area contributed by atoms with E-state index in [9.17, 15) is 19.5 Å². The molecule has 6 nitrogen and oxygen atoms in total. The van der Waals surface area contributed by atoms with Crippen LogP contribution in [-0.2, 0) is 19.1 Å². The molecule has 0 aromatic rings. The second-order valence-corrected chi connectivity index (χ2v) is 6.69. The molecule has 0 aromatic carbocycles. The van der Waals surface area contributed by atoms with Gasteiger partial charge in [0.15, 0.2) is 0 Å². The number of nitrogens with zero attached hydrogens (tertiary/aromatic N) is 1. The molecule has 19 heavy (non-hydrogen) atoms. The molecule has 2 fully saturated rings. The highest BCUT2D eigenvalue weighted by molar-refractivity contribution is 8.06. The zero-order valence-electron chi connectivity index (χ0n) is 10.2. The maximum atomic E-state index is 11.5. The summed E-state index contributed by atoms with van der Waals surface area (Å²) in [5, 5.41) is 10.9. The molecule has 8 heteroatoms. The fourth-order valence-corrected chi connectivity index (χ4v) is 4.39. The molecule has 1 unspecified atom stereocenters. The van der Waals surface area contributed by atoms with E-state index in [4.69, 9.17) is 0 Å². The van der Waals surface area contributed by atoms with E-state index in [1.165, 1.54) is 30.4 Å². The van der Waals surface area contributed by atoms with Crippen molar-refractivity contribution in [3.63, 3.8) is 0 Å². The first kappa shape index (κ1) is 14.3. The summed E-state index contributed by atoms with van der Waals surface area (Å²) in [6.07, 6.45) is 1.67. The maximum Gasteiger partial charge on any atom is 0.330 e. The molecule has 0 aromatic heterocycles. The first-order chi connectivity index (χ1) is 8.98. The first-order valence-electron chi connectivity index (χ1n) is 5.55. The van der Waals surface area contributed by atoms with Gasteiger partial charge in [0.05, 0.1) is 18.9 Å². The second kappa shape index (κ2) is 5.46. The number of rotatable bonds is 4. The minimum Gasteiger partial charge on any atom is -0.480 e. The molecule has 2 aliphatic heterocycles. The number of carbonyl (C=O) groups excluding carboxylic acids is 2. The van der Waals surface area contributed by atoms with Gasteiger partial charge in [-0.2, -0.15) is 0 Å². The lowest BCUT2D eigenvalue weighted by molar-refractivity contribution is -0.146. The Labute approximate surface area is 118 Å². The third kappa shape index (κ3) is 2.74. The highest BCUT2D eigenvalue weighted by Crippen LogP contribution is 2.44. The summed E-state index contributed by atoms with van der Waals surface area (Å²) in [7, 11) is 1.25. The van der Waals surface area contributed by atoms with Gasteiger partial charge >= 0.3 is 11.9 Å². The van der Waals surface area contributed by atoms with Crippen LogP contribution < -0.4 is 0 Å². The molecule has 2 aliphatic rings. The molecule has 2 heterocycles. The van der Waals surface area contributed by atoms with Crippen molar-refractivity contribution in [2.24, 2.45) is 0 Å². The van der Waals surface area contributed by atoms with Crippen LogP contribution in [0.1, 0.15) is 6.42 Å². The van der Waals surface area contributed by atoms with Gasteiger partial charge in [-0.15, -0.1) is 23.5 Å². The maximum absolute atomic E-state index is 11.5. The van der Waals surface area contributed by atoms with Gasteiger partial charge in [-0.25, -0.2) is 4.79 Å². The molecule has 0 saturated carbocycles. The van der Waals surface area contributed by atoms with Gasteiger partial charge in [-0.3, -0.25) is 9.59 Å². The zero-order chi connectivity index (χ0) is 14.0. The molecule has 0 aliphatic carbocycles. The Morgan fingerprint density at radius 1 is 1.63 bits per heavy atom. The van der Waals surface area contributed by atoms with Crippen molar-refractivity contribution >= 4 is 41.4 Å². The number of carboxylic acids is 1.